The van der Waals surface area contributed by atoms with Gasteiger partial charge < -0.3 is 11.1 Å². The molecule has 4 nitrogen and oxygen atoms in total. The molecule has 0 fully saturated rings. The van der Waals surface area contributed by atoms with Gasteiger partial charge in [0.1, 0.15) is 5.01 Å². The molecule has 21 heavy (non-hydrogen) atoms. The fourth-order valence-electron chi connectivity index (χ4n) is 2.15. The highest BCUT2D eigenvalue weighted by Crippen LogP contribution is 2.21. The molecule has 0 aliphatic heterocycles. The molecule has 1 atom stereocenters. The maximum absolute atomic E-state index is 12.1. The van der Waals surface area contributed by atoms with Gasteiger partial charge in [-0.1, -0.05) is 25.1 Å². The number of nitrogen functional groups attached to an aromatic ring is 1. The number of anilines is 1. The van der Waals surface area contributed by atoms with Crippen molar-refractivity contribution in [3.8, 4) is 0 Å². The summed E-state index contributed by atoms with van der Waals surface area (Å²) in [5.74, 6) is 0.0398. The number of para-hydroxylation sites is 1. The minimum Gasteiger partial charge on any atom is -0.399 e. The van der Waals surface area contributed by atoms with Crippen molar-refractivity contribution >= 4 is 22.9 Å². The number of thiazole rings is 1. The third kappa shape index (κ3) is 4.29. The van der Waals surface area contributed by atoms with Gasteiger partial charge in [-0.05, 0) is 31.4 Å². The lowest BCUT2D eigenvalue weighted by Crippen LogP contribution is -2.28. The smallest absolute Gasteiger partial charge is 0.220 e. The molecular formula is C16H21N3OS. The van der Waals surface area contributed by atoms with Crippen LogP contribution in [0, 0.1) is 6.92 Å². The van der Waals surface area contributed by atoms with Crippen LogP contribution in [0.1, 0.15) is 42.1 Å². The van der Waals surface area contributed by atoms with Crippen LogP contribution in [0.3, 0.4) is 0 Å². The number of nitrogens with zero attached hydrogens (tertiary/aromatic N) is 1. The molecule has 0 bridgehead atoms. The molecule has 0 aliphatic carbocycles. The van der Waals surface area contributed by atoms with Crippen LogP contribution in [-0.4, -0.2) is 10.9 Å². The van der Waals surface area contributed by atoms with Crippen molar-refractivity contribution in [2.24, 2.45) is 0 Å². The van der Waals surface area contributed by atoms with Crippen LogP contribution in [-0.2, 0) is 11.2 Å². The Balaban J connectivity index is 1.90. The zero-order valence-corrected chi connectivity index (χ0v) is 13.2. The average molecular weight is 303 g/mol. The summed E-state index contributed by atoms with van der Waals surface area (Å²) in [7, 11) is 0. The average Bonchev–Trinajstić information content (AvgIpc) is 2.90. The Hall–Kier alpha value is -1.88. The first-order valence-corrected chi connectivity index (χ1v) is 8.03. The highest BCUT2D eigenvalue weighted by Gasteiger charge is 2.15. The Kier molecular flexibility index (Phi) is 5.33. The second-order valence-corrected chi connectivity index (χ2v) is 5.94. The molecule has 112 valence electrons. The van der Waals surface area contributed by atoms with Crippen LogP contribution in [0.5, 0.6) is 0 Å². The van der Waals surface area contributed by atoms with Gasteiger partial charge in [-0.3, -0.25) is 4.79 Å². The number of carbonyl (C=O) groups is 1. The Morgan fingerprint density at radius 1 is 1.43 bits per heavy atom. The normalized spacial score (nSPS) is 12.1. The zero-order chi connectivity index (χ0) is 15.2. The Morgan fingerprint density at radius 2 is 2.19 bits per heavy atom. The summed E-state index contributed by atoms with van der Waals surface area (Å²) >= 11 is 1.60. The molecule has 0 saturated heterocycles. The number of nitrogens with two attached hydrogens (primary N) is 1. The number of carbonyl (C=O) groups excluding carboxylic acids is 1. The first-order chi connectivity index (χ1) is 10.1. The van der Waals surface area contributed by atoms with E-state index in [-0.39, 0.29) is 11.9 Å². The van der Waals surface area contributed by atoms with Crippen molar-refractivity contribution in [3.05, 3.63) is 45.9 Å². The van der Waals surface area contributed by atoms with E-state index in [1.54, 1.807) is 11.3 Å². The van der Waals surface area contributed by atoms with Gasteiger partial charge in [-0.2, -0.15) is 0 Å². The first-order valence-electron chi connectivity index (χ1n) is 7.15. The summed E-state index contributed by atoms with van der Waals surface area (Å²) in [5, 5.41) is 6.04. The topological polar surface area (TPSA) is 68.0 Å². The number of hydrogen-bond acceptors (Lipinski definition) is 4. The van der Waals surface area contributed by atoms with Crippen molar-refractivity contribution in [3.63, 3.8) is 0 Å². The Morgan fingerprint density at radius 3 is 2.81 bits per heavy atom. The molecule has 0 aliphatic rings. The molecule has 0 spiro atoms. The van der Waals surface area contributed by atoms with Crippen LogP contribution < -0.4 is 11.1 Å². The SMILES string of the molecule is CCC(NC(=O)CCc1ccccc1N)c1nc(C)cs1. The van der Waals surface area contributed by atoms with E-state index < -0.39 is 0 Å². The Labute approximate surface area is 129 Å². The number of rotatable bonds is 6. The summed E-state index contributed by atoms with van der Waals surface area (Å²) in [6.07, 6.45) is 1.94. The zero-order valence-electron chi connectivity index (χ0n) is 12.4. The highest BCUT2D eigenvalue weighted by molar-refractivity contribution is 7.09. The minimum atomic E-state index is 0.00400. The summed E-state index contributed by atoms with van der Waals surface area (Å²) < 4.78 is 0. The lowest BCUT2D eigenvalue weighted by atomic mass is 10.1. The number of hydrogen-bond donors (Lipinski definition) is 2. The standard InChI is InChI=1S/C16H21N3OS/c1-3-14(16-18-11(2)10-21-16)19-15(20)9-8-12-6-4-5-7-13(12)17/h4-7,10,14H,3,8-9,17H2,1-2H3,(H,19,20). The van der Waals surface area contributed by atoms with Crippen LogP contribution in [0.25, 0.3) is 0 Å². The largest absolute Gasteiger partial charge is 0.399 e. The summed E-state index contributed by atoms with van der Waals surface area (Å²) in [5.41, 5.74) is 8.65. The maximum Gasteiger partial charge on any atom is 0.220 e. The number of aryl methyl sites for hydroxylation is 2. The van der Waals surface area contributed by atoms with E-state index in [9.17, 15) is 4.79 Å². The van der Waals surface area contributed by atoms with Gasteiger partial charge in [0.25, 0.3) is 0 Å². The maximum atomic E-state index is 12.1. The van der Waals surface area contributed by atoms with Crippen molar-refractivity contribution < 1.29 is 4.79 Å². The fourth-order valence-corrected chi connectivity index (χ4v) is 3.08. The molecule has 5 heteroatoms. The minimum absolute atomic E-state index is 0.00400. The lowest BCUT2D eigenvalue weighted by Gasteiger charge is -2.14. The summed E-state index contributed by atoms with van der Waals surface area (Å²) in [6.45, 7) is 4.02. The number of nitrogens with one attached hydrogen (secondary N) is 1. The molecule has 0 radical (unpaired) electrons. The number of aromatic nitrogens is 1. The van der Waals surface area contributed by atoms with Gasteiger partial charge in [0.05, 0.1) is 6.04 Å². The van der Waals surface area contributed by atoms with Gasteiger partial charge in [-0.25, -0.2) is 4.98 Å². The fraction of sp³-hybridized carbons (Fsp3) is 0.375. The third-order valence-corrected chi connectivity index (χ3v) is 4.43. The van der Waals surface area contributed by atoms with E-state index in [0.717, 1.165) is 28.4 Å². The second-order valence-electron chi connectivity index (χ2n) is 5.05. The summed E-state index contributed by atoms with van der Waals surface area (Å²) in [4.78, 5) is 16.6. The monoisotopic (exact) mass is 303 g/mol. The van der Waals surface area contributed by atoms with Crippen LogP contribution in [0.15, 0.2) is 29.6 Å². The van der Waals surface area contributed by atoms with Crippen molar-refractivity contribution in [2.45, 2.75) is 39.2 Å². The van der Waals surface area contributed by atoms with E-state index in [4.69, 9.17) is 5.73 Å². The van der Waals surface area contributed by atoms with Gasteiger partial charge >= 0.3 is 0 Å². The molecule has 2 rings (SSSR count). The molecule has 2 aromatic rings. The molecule has 1 aromatic heterocycles. The number of benzene rings is 1. The van der Waals surface area contributed by atoms with E-state index in [0.29, 0.717) is 12.8 Å². The third-order valence-electron chi connectivity index (χ3n) is 3.35. The highest BCUT2D eigenvalue weighted by atomic mass is 32.1. The molecule has 1 heterocycles. The van der Waals surface area contributed by atoms with Crippen LogP contribution in [0.2, 0.25) is 0 Å². The predicted molar refractivity (Wildman–Crippen MR) is 87.2 cm³/mol. The van der Waals surface area contributed by atoms with Crippen molar-refractivity contribution in [2.75, 3.05) is 5.73 Å². The van der Waals surface area contributed by atoms with E-state index in [1.807, 2.05) is 36.6 Å². The molecule has 1 aromatic carbocycles. The molecule has 0 saturated carbocycles. The molecular weight excluding hydrogens is 282 g/mol. The van der Waals surface area contributed by atoms with E-state index in [1.165, 1.54) is 0 Å². The Bertz CT molecular complexity index is 609. The quantitative estimate of drug-likeness (QED) is 0.805. The molecule has 1 unspecified atom stereocenters. The van der Waals surface area contributed by atoms with Crippen LogP contribution in [0.4, 0.5) is 5.69 Å². The van der Waals surface area contributed by atoms with Crippen molar-refractivity contribution in [1.82, 2.24) is 10.3 Å². The summed E-state index contributed by atoms with van der Waals surface area (Å²) in [6, 6.07) is 7.67. The molecule has 1 amide bonds. The first kappa shape index (κ1) is 15.5. The van der Waals surface area contributed by atoms with Crippen LogP contribution >= 0.6 is 11.3 Å². The van der Waals surface area contributed by atoms with E-state index >= 15 is 0 Å². The van der Waals surface area contributed by atoms with Gasteiger partial charge in [0.2, 0.25) is 5.91 Å². The van der Waals surface area contributed by atoms with Gasteiger partial charge in [0, 0.05) is 23.2 Å². The molecule has 3 N–H and O–H groups in total. The second kappa shape index (κ2) is 7.22. The van der Waals surface area contributed by atoms with Gasteiger partial charge in [-0.15, -0.1) is 11.3 Å². The predicted octanol–water partition coefficient (Wildman–Crippen LogP) is 3.23. The van der Waals surface area contributed by atoms with E-state index in [2.05, 4.69) is 17.2 Å². The number of amides is 1. The van der Waals surface area contributed by atoms with Crippen molar-refractivity contribution in [1.29, 1.82) is 0 Å². The van der Waals surface area contributed by atoms with Gasteiger partial charge in [0.15, 0.2) is 0 Å². The lowest BCUT2D eigenvalue weighted by molar-refractivity contribution is -0.121.